The van der Waals surface area contributed by atoms with Crippen LogP contribution in [0.25, 0.3) is 0 Å². The Labute approximate surface area is 108 Å². The Balaban J connectivity index is 1.88. The molecule has 1 N–H and O–H groups in total. The molecular formula is C15H20O3. The van der Waals surface area contributed by atoms with E-state index in [-0.39, 0.29) is 5.78 Å². The highest BCUT2D eigenvalue weighted by Crippen LogP contribution is 2.26. The molecule has 1 aromatic rings. The Morgan fingerprint density at radius 2 is 2.33 bits per heavy atom. The topological polar surface area (TPSA) is 46.5 Å². The number of carbonyl (C=O) groups excluding carboxylic acids is 1. The number of benzene rings is 1. The molecule has 98 valence electrons. The van der Waals surface area contributed by atoms with E-state index in [2.05, 4.69) is 6.07 Å². The van der Waals surface area contributed by atoms with E-state index in [1.807, 2.05) is 19.1 Å². The summed E-state index contributed by atoms with van der Waals surface area (Å²) in [4.78, 5) is 11.7. The first-order chi connectivity index (χ1) is 8.70. The van der Waals surface area contributed by atoms with Gasteiger partial charge in [-0.25, -0.2) is 0 Å². The molecule has 1 aliphatic heterocycles. The quantitative estimate of drug-likeness (QED) is 0.840. The van der Waals surface area contributed by atoms with Crippen molar-refractivity contribution >= 4 is 5.78 Å². The van der Waals surface area contributed by atoms with Gasteiger partial charge in [-0.2, -0.15) is 0 Å². The fourth-order valence-corrected chi connectivity index (χ4v) is 2.26. The summed E-state index contributed by atoms with van der Waals surface area (Å²) in [5.74, 6) is 0.921. The van der Waals surface area contributed by atoms with E-state index in [4.69, 9.17) is 4.74 Å². The Morgan fingerprint density at radius 1 is 1.50 bits per heavy atom. The van der Waals surface area contributed by atoms with Gasteiger partial charge in [-0.05, 0) is 30.0 Å². The predicted molar refractivity (Wildman–Crippen MR) is 69.9 cm³/mol. The number of hydrogen-bond acceptors (Lipinski definition) is 3. The summed E-state index contributed by atoms with van der Waals surface area (Å²) in [6, 6.07) is 6.09. The second-order valence-electron chi connectivity index (χ2n) is 4.81. The zero-order valence-electron chi connectivity index (χ0n) is 10.8. The molecule has 1 aromatic carbocycles. The van der Waals surface area contributed by atoms with E-state index in [1.54, 1.807) is 0 Å². The third-order valence-corrected chi connectivity index (χ3v) is 3.35. The molecule has 1 unspecified atom stereocenters. The maximum absolute atomic E-state index is 11.7. The zero-order chi connectivity index (χ0) is 13.0. The largest absolute Gasteiger partial charge is 0.493 e. The van der Waals surface area contributed by atoms with Crippen molar-refractivity contribution in [1.82, 2.24) is 0 Å². The van der Waals surface area contributed by atoms with Crippen molar-refractivity contribution in [3.8, 4) is 5.75 Å². The molecule has 0 bridgehead atoms. The van der Waals surface area contributed by atoms with Gasteiger partial charge in [0, 0.05) is 12.8 Å². The van der Waals surface area contributed by atoms with Crippen LogP contribution in [-0.4, -0.2) is 23.6 Å². The van der Waals surface area contributed by atoms with Crippen molar-refractivity contribution in [3.63, 3.8) is 0 Å². The standard InChI is InChI=1S/C15H20O3/c1-2-3-13(16)14(17)6-4-11-5-7-15-12(10-11)8-9-18-15/h5,7,10,13,16H,2-4,6,8-9H2,1H3. The van der Waals surface area contributed by atoms with Crippen LogP contribution in [0.2, 0.25) is 0 Å². The first-order valence-electron chi connectivity index (χ1n) is 6.66. The van der Waals surface area contributed by atoms with Crippen LogP contribution >= 0.6 is 0 Å². The summed E-state index contributed by atoms with van der Waals surface area (Å²) >= 11 is 0. The van der Waals surface area contributed by atoms with Crippen LogP contribution in [0.5, 0.6) is 5.75 Å². The van der Waals surface area contributed by atoms with Crippen molar-refractivity contribution in [1.29, 1.82) is 0 Å². The van der Waals surface area contributed by atoms with E-state index in [0.29, 0.717) is 19.3 Å². The Morgan fingerprint density at radius 3 is 3.11 bits per heavy atom. The highest BCUT2D eigenvalue weighted by Gasteiger charge is 2.15. The van der Waals surface area contributed by atoms with E-state index in [9.17, 15) is 9.90 Å². The molecule has 3 heteroatoms. The van der Waals surface area contributed by atoms with Crippen molar-refractivity contribution in [3.05, 3.63) is 29.3 Å². The average molecular weight is 248 g/mol. The molecule has 3 nitrogen and oxygen atoms in total. The van der Waals surface area contributed by atoms with Gasteiger partial charge >= 0.3 is 0 Å². The van der Waals surface area contributed by atoms with Gasteiger partial charge in [-0.1, -0.05) is 25.5 Å². The van der Waals surface area contributed by atoms with Gasteiger partial charge in [0.2, 0.25) is 0 Å². The van der Waals surface area contributed by atoms with E-state index >= 15 is 0 Å². The number of fused-ring (bicyclic) bond motifs is 1. The fraction of sp³-hybridized carbons (Fsp3) is 0.533. The number of ketones is 1. The van der Waals surface area contributed by atoms with Gasteiger partial charge in [0.05, 0.1) is 6.61 Å². The van der Waals surface area contributed by atoms with Crippen molar-refractivity contribution in [2.45, 2.75) is 45.1 Å². The Hall–Kier alpha value is -1.35. The summed E-state index contributed by atoms with van der Waals surface area (Å²) in [5, 5.41) is 9.58. The van der Waals surface area contributed by atoms with Crippen LogP contribution in [0.4, 0.5) is 0 Å². The molecule has 1 atom stereocenters. The van der Waals surface area contributed by atoms with Crippen molar-refractivity contribution in [2.24, 2.45) is 0 Å². The molecule has 0 fully saturated rings. The lowest BCUT2D eigenvalue weighted by Gasteiger charge is -2.08. The summed E-state index contributed by atoms with van der Waals surface area (Å²) in [5.41, 5.74) is 2.38. The number of hydrogen-bond donors (Lipinski definition) is 1. The molecule has 0 aromatic heterocycles. The average Bonchev–Trinajstić information content (AvgIpc) is 2.83. The maximum atomic E-state index is 11.7. The summed E-state index contributed by atoms with van der Waals surface area (Å²) in [7, 11) is 0. The monoisotopic (exact) mass is 248 g/mol. The molecule has 2 rings (SSSR count). The second kappa shape index (κ2) is 6.01. The molecule has 1 heterocycles. The number of aryl methyl sites for hydroxylation is 1. The molecule has 0 radical (unpaired) electrons. The first kappa shape index (κ1) is 13.1. The minimum Gasteiger partial charge on any atom is -0.493 e. The fourth-order valence-electron chi connectivity index (χ4n) is 2.26. The molecule has 18 heavy (non-hydrogen) atoms. The molecule has 0 amide bonds. The zero-order valence-corrected chi connectivity index (χ0v) is 10.8. The molecule has 0 aliphatic carbocycles. The molecule has 0 saturated carbocycles. The van der Waals surface area contributed by atoms with Gasteiger partial charge in [0.15, 0.2) is 5.78 Å². The number of carbonyl (C=O) groups is 1. The number of aliphatic hydroxyl groups is 1. The Kier molecular flexibility index (Phi) is 4.37. The minimum atomic E-state index is -0.784. The number of ether oxygens (including phenoxy) is 1. The van der Waals surface area contributed by atoms with Crippen LogP contribution in [0.3, 0.4) is 0 Å². The van der Waals surface area contributed by atoms with E-state index in [0.717, 1.165) is 30.8 Å². The molecule has 1 aliphatic rings. The first-order valence-corrected chi connectivity index (χ1v) is 6.66. The van der Waals surface area contributed by atoms with Crippen LogP contribution in [0.15, 0.2) is 18.2 Å². The number of rotatable bonds is 6. The lowest BCUT2D eigenvalue weighted by Crippen LogP contribution is -2.20. The van der Waals surface area contributed by atoms with Crippen LogP contribution in [0, 0.1) is 0 Å². The highest BCUT2D eigenvalue weighted by molar-refractivity contribution is 5.82. The number of Topliss-reactive ketones (excluding diaryl/α,β-unsaturated/α-hetero) is 1. The lowest BCUT2D eigenvalue weighted by atomic mass is 10.0. The smallest absolute Gasteiger partial charge is 0.161 e. The SMILES string of the molecule is CCCC(O)C(=O)CCc1ccc2c(c1)CCO2. The molecule has 0 spiro atoms. The maximum Gasteiger partial charge on any atom is 0.161 e. The van der Waals surface area contributed by atoms with Gasteiger partial charge in [0.1, 0.15) is 11.9 Å². The Bertz CT molecular complexity index is 426. The van der Waals surface area contributed by atoms with Crippen LogP contribution in [0.1, 0.15) is 37.3 Å². The van der Waals surface area contributed by atoms with E-state index in [1.165, 1.54) is 5.56 Å². The number of aliphatic hydroxyl groups excluding tert-OH is 1. The summed E-state index contributed by atoms with van der Waals surface area (Å²) < 4.78 is 5.44. The van der Waals surface area contributed by atoms with Gasteiger partial charge in [0.25, 0.3) is 0 Å². The van der Waals surface area contributed by atoms with Crippen molar-refractivity contribution in [2.75, 3.05) is 6.61 Å². The third-order valence-electron chi connectivity index (χ3n) is 3.35. The van der Waals surface area contributed by atoms with Gasteiger partial charge in [-0.15, -0.1) is 0 Å². The van der Waals surface area contributed by atoms with Gasteiger partial charge < -0.3 is 9.84 Å². The predicted octanol–water partition coefficient (Wildman–Crippen LogP) is 2.28. The molecular weight excluding hydrogens is 228 g/mol. The third kappa shape index (κ3) is 3.10. The normalized spacial score (nSPS) is 15.0. The van der Waals surface area contributed by atoms with Crippen LogP contribution < -0.4 is 4.74 Å². The lowest BCUT2D eigenvalue weighted by molar-refractivity contribution is -0.127. The van der Waals surface area contributed by atoms with Crippen LogP contribution in [-0.2, 0) is 17.6 Å². The van der Waals surface area contributed by atoms with Gasteiger partial charge in [-0.3, -0.25) is 4.79 Å². The second-order valence-corrected chi connectivity index (χ2v) is 4.81. The minimum absolute atomic E-state index is 0.0476. The van der Waals surface area contributed by atoms with Crippen molar-refractivity contribution < 1.29 is 14.6 Å². The molecule has 0 saturated heterocycles. The highest BCUT2D eigenvalue weighted by atomic mass is 16.5. The van der Waals surface area contributed by atoms with E-state index < -0.39 is 6.10 Å². The summed E-state index contributed by atoms with van der Waals surface area (Å²) in [6.07, 6.45) is 2.69. The summed E-state index contributed by atoms with van der Waals surface area (Å²) in [6.45, 7) is 2.73.